The highest BCUT2D eigenvalue weighted by Gasteiger charge is 2.39. The van der Waals surface area contributed by atoms with Gasteiger partial charge in [-0.1, -0.05) is 94.4 Å². The van der Waals surface area contributed by atoms with Crippen molar-refractivity contribution in [1.82, 2.24) is 0 Å². The van der Waals surface area contributed by atoms with Crippen LogP contribution >= 0.6 is 0 Å². The van der Waals surface area contributed by atoms with Crippen LogP contribution in [0.25, 0.3) is 0 Å². The summed E-state index contributed by atoms with van der Waals surface area (Å²) in [4.78, 5) is 0. The summed E-state index contributed by atoms with van der Waals surface area (Å²) in [5, 5.41) is 0. The van der Waals surface area contributed by atoms with Crippen molar-refractivity contribution < 1.29 is 14.2 Å². The van der Waals surface area contributed by atoms with Crippen LogP contribution in [0.2, 0.25) is 0 Å². The van der Waals surface area contributed by atoms with Crippen LogP contribution in [0.5, 0.6) is 0 Å². The fraction of sp³-hybridized carbons (Fsp3) is 0.680. The second-order valence-electron chi connectivity index (χ2n) is 8.33. The number of hydrogen-bond donors (Lipinski definition) is 0. The van der Waals surface area contributed by atoms with Crippen LogP contribution in [0.4, 0.5) is 0 Å². The molecular formula is C25H40O3. The molecule has 1 aromatic rings. The van der Waals surface area contributed by atoms with Crippen LogP contribution in [0.3, 0.4) is 0 Å². The summed E-state index contributed by atoms with van der Waals surface area (Å²) < 4.78 is 18.0. The molecule has 2 atom stereocenters. The highest BCUT2D eigenvalue weighted by Crippen LogP contribution is 2.29. The van der Waals surface area contributed by atoms with E-state index in [0.717, 1.165) is 6.42 Å². The van der Waals surface area contributed by atoms with E-state index in [1.807, 2.05) is 32.0 Å². The Hall–Kier alpha value is -1.16. The summed E-state index contributed by atoms with van der Waals surface area (Å²) in [5.74, 6) is -0.547. The second-order valence-corrected chi connectivity index (χ2v) is 8.33. The first kappa shape index (κ1) is 23.1. The monoisotopic (exact) mass is 388 g/mol. The average molecular weight is 389 g/mol. The molecule has 28 heavy (non-hydrogen) atoms. The van der Waals surface area contributed by atoms with Gasteiger partial charge in [0.25, 0.3) is 0 Å². The van der Waals surface area contributed by atoms with Gasteiger partial charge in [0.1, 0.15) is 12.2 Å². The zero-order chi connectivity index (χ0) is 20.1. The van der Waals surface area contributed by atoms with Gasteiger partial charge in [-0.15, -0.1) is 0 Å². The Kier molecular flexibility index (Phi) is 10.8. The Morgan fingerprint density at radius 1 is 0.929 bits per heavy atom. The largest absolute Gasteiger partial charge is 0.374 e. The van der Waals surface area contributed by atoms with E-state index in [2.05, 4.69) is 31.2 Å². The Balaban J connectivity index is 1.63. The molecule has 0 aliphatic carbocycles. The average Bonchev–Trinajstić information content (AvgIpc) is 2.98. The van der Waals surface area contributed by atoms with Gasteiger partial charge in [-0.05, 0) is 32.3 Å². The molecule has 1 saturated heterocycles. The van der Waals surface area contributed by atoms with Crippen molar-refractivity contribution in [3.63, 3.8) is 0 Å². The number of allylic oxidation sites excluding steroid dienone is 1. The molecule has 1 heterocycles. The van der Waals surface area contributed by atoms with Crippen LogP contribution in [0, 0.1) is 0 Å². The molecule has 0 saturated carbocycles. The lowest BCUT2D eigenvalue weighted by atomic mass is 10.1. The second kappa shape index (κ2) is 13.1. The number of rotatable bonds is 14. The van der Waals surface area contributed by atoms with E-state index in [4.69, 9.17) is 14.2 Å². The molecule has 2 rings (SSSR count). The van der Waals surface area contributed by atoms with Crippen molar-refractivity contribution in [3.05, 3.63) is 48.0 Å². The van der Waals surface area contributed by atoms with Crippen molar-refractivity contribution >= 4 is 0 Å². The van der Waals surface area contributed by atoms with E-state index < -0.39 is 5.79 Å². The van der Waals surface area contributed by atoms with Crippen molar-refractivity contribution in [1.29, 1.82) is 0 Å². The van der Waals surface area contributed by atoms with Crippen molar-refractivity contribution in [2.75, 3.05) is 6.61 Å². The summed E-state index contributed by atoms with van der Waals surface area (Å²) >= 11 is 0. The van der Waals surface area contributed by atoms with Gasteiger partial charge in [0.05, 0.1) is 13.2 Å². The highest BCUT2D eigenvalue weighted by atomic mass is 16.8. The third-order valence-electron chi connectivity index (χ3n) is 5.17. The third kappa shape index (κ3) is 9.36. The van der Waals surface area contributed by atoms with Gasteiger partial charge in [-0.3, -0.25) is 0 Å². The topological polar surface area (TPSA) is 27.7 Å². The molecule has 1 aliphatic rings. The molecule has 0 spiro atoms. The maximum atomic E-state index is 6.06. The number of benzene rings is 1. The van der Waals surface area contributed by atoms with Crippen molar-refractivity contribution in [3.8, 4) is 0 Å². The van der Waals surface area contributed by atoms with E-state index in [1.165, 1.54) is 56.9 Å². The SMILES string of the molecule is CCCCCCCCCC/C=C\[C@H]1OC(C)(C)O[C@@H]1COCc1ccccc1. The molecule has 0 unspecified atom stereocenters. The zero-order valence-corrected chi connectivity index (χ0v) is 18.2. The molecule has 0 radical (unpaired) electrons. The predicted molar refractivity (Wildman–Crippen MR) is 116 cm³/mol. The van der Waals surface area contributed by atoms with Crippen LogP contribution in [0.15, 0.2) is 42.5 Å². The molecule has 0 aromatic heterocycles. The van der Waals surface area contributed by atoms with Gasteiger partial charge >= 0.3 is 0 Å². The summed E-state index contributed by atoms with van der Waals surface area (Å²) in [6.45, 7) is 7.38. The molecule has 0 amide bonds. The van der Waals surface area contributed by atoms with Crippen LogP contribution in [-0.4, -0.2) is 24.6 Å². The number of unbranched alkanes of at least 4 members (excludes halogenated alkanes) is 8. The number of hydrogen-bond acceptors (Lipinski definition) is 3. The summed E-state index contributed by atoms with van der Waals surface area (Å²) in [6.07, 6.45) is 16.3. The predicted octanol–water partition coefficient (Wildman–Crippen LogP) is 6.81. The molecular weight excluding hydrogens is 348 g/mol. The normalized spacial score (nSPS) is 21.5. The van der Waals surface area contributed by atoms with Gasteiger partial charge in [-0.2, -0.15) is 0 Å². The van der Waals surface area contributed by atoms with E-state index in [-0.39, 0.29) is 12.2 Å². The highest BCUT2D eigenvalue weighted by molar-refractivity contribution is 5.13. The Labute approximate surface area is 172 Å². The molecule has 0 bridgehead atoms. The van der Waals surface area contributed by atoms with E-state index in [9.17, 15) is 0 Å². The minimum absolute atomic E-state index is 0.0279. The van der Waals surface area contributed by atoms with Crippen LogP contribution in [-0.2, 0) is 20.8 Å². The van der Waals surface area contributed by atoms with E-state index >= 15 is 0 Å². The van der Waals surface area contributed by atoms with Crippen molar-refractivity contribution in [2.24, 2.45) is 0 Å². The fourth-order valence-corrected chi connectivity index (χ4v) is 3.65. The van der Waals surface area contributed by atoms with Crippen LogP contribution < -0.4 is 0 Å². The summed E-state index contributed by atoms with van der Waals surface area (Å²) in [7, 11) is 0. The minimum Gasteiger partial charge on any atom is -0.374 e. The molecule has 0 N–H and O–H groups in total. The standard InChI is InChI=1S/C25H40O3/c1-4-5-6-7-8-9-10-11-12-16-19-23-24(28-25(2,3)27-23)21-26-20-22-17-14-13-15-18-22/h13-19,23-24H,4-12,20-21H2,1-3H3/b19-16-/t23-,24-/m1/s1. The smallest absolute Gasteiger partial charge is 0.164 e. The lowest BCUT2D eigenvalue weighted by Crippen LogP contribution is -2.26. The quantitative estimate of drug-likeness (QED) is 0.259. The lowest BCUT2D eigenvalue weighted by molar-refractivity contribution is -0.148. The maximum absolute atomic E-state index is 6.06. The molecule has 1 aromatic carbocycles. The maximum Gasteiger partial charge on any atom is 0.164 e. The first-order valence-corrected chi connectivity index (χ1v) is 11.2. The van der Waals surface area contributed by atoms with E-state index in [1.54, 1.807) is 0 Å². The Morgan fingerprint density at radius 2 is 1.61 bits per heavy atom. The first-order chi connectivity index (χ1) is 13.6. The zero-order valence-electron chi connectivity index (χ0n) is 18.2. The summed E-state index contributed by atoms with van der Waals surface area (Å²) in [5.41, 5.74) is 1.18. The molecule has 1 aliphatic heterocycles. The van der Waals surface area contributed by atoms with Crippen molar-refractivity contribution in [2.45, 2.75) is 103 Å². The molecule has 158 valence electrons. The molecule has 3 nitrogen and oxygen atoms in total. The van der Waals surface area contributed by atoms with Gasteiger partial charge in [-0.25, -0.2) is 0 Å². The third-order valence-corrected chi connectivity index (χ3v) is 5.17. The molecule has 1 fully saturated rings. The van der Waals surface area contributed by atoms with Gasteiger partial charge in [0.15, 0.2) is 5.79 Å². The first-order valence-electron chi connectivity index (χ1n) is 11.2. The Bertz CT molecular complexity index is 538. The van der Waals surface area contributed by atoms with Gasteiger partial charge in [0, 0.05) is 0 Å². The lowest BCUT2D eigenvalue weighted by Gasteiger charge is -2.16. The van der Waals surface area contributed by atoms with E-state index in [0.29, 0.717) is 13.2 Å². The molecule has 3 heteroatoms. The summed E-state index contributed by atoms with van der Waals surface area (Å²) in [6, 6.07) is 10.3. The minimum atomic E-state index is -0.547. The van der Waals surface area contributed by atoms with Gasteiger partial charge < -0.3 is 14.2 Å². The van der Waals surface area contributed by atoms with Gasteiger partial charge in [0.2, 0.25) is 0 Å². The Morgan fingerprint density at radius 3 is 2.32 bits per heavy atom. The fourth-order valence-electron chi connectivity index (χ4n) is 3.65. The van der Waals surface area contributed by atoms with Crippen LogP contribution in [0.1, 0.15) is 84.1 Å². The number of ether oxygens (including phenoxy) is 3.